The predicted molar refractivity (Wildman–Crippen MR) is 99.6 cm³/mol. The molecule has 1 aromatic rings. The molecule has 0 saturated carbocycles. The fourth-order valence-electron chi connectivity index (χ4n) is 2.93. The first-order valence-corrected chi connectivity index (χ1v) is 9.28. The summed E-state index contributed by atoms with van der Waals surface area (Å²) in [6.45, 7) is 5.62. The third-order valence-electron chi connectivity index (χ3n) is 4.57. The van der Waals surface area contributed by atoms with E-state index in [-0.39, 0.29) is 17.9 Å². The molecule has 0 aromatic heterocycles. The Morgan fingerprint density at radius 3 is 2.81 bits per heavy atom. The van der Waals surface area contributed by atoms with Crippen molar-refractivity contribution in [2.75, 3.05) is 19.6 Å². The van der Waals surface area contributed by atoms with Crippen molar-refractivity contribution in [2.24, 2.45) is 4.99 Å². The number of carbonyl (C=O) groups excluding carboxylic acids is 1. The highest BCUT2D eigenvalue weighted by Crippen LogP contribution is 2.31. The average molecular weight is 384 g/mol. The van der Waals surface area contributed by atoms with Gasteiger partial charge in [-0.25, -0.2) is 0 Å². The summed E-state index contributed by atoms with van der Waals surface area (Å²) in [6.07, 6.45) is -2.45. The summed E-state index contributed by atoms with van der Waals surface area (Å²) in [6, 6.07) is 5.59. The number of guanidine groups is 1. The Labute approximate surface area is 157 Å². The molecule has 1 saturated heterocycles. The summed E-state index contributed by atoms with van der Waals surface area (Å²) in [7, 11) is 0. The van der Waals surface area contributed by atoms with Crippen molar-refractivity contribution in [1.29, 1.82) is 0 Å². The molecule has 0 bridgehead atoms. The van der Waals surface area contributed by atoms with Crippen LogP contribution in [0.5, 0.6) is 0 Å². The second kappa shape index (κ2) is 9.62. The zero-order valence-electron chi connectivity index (χ0n) is 15.7. The fraction of sp³-hybridized carbons (Fsp3) is 0.579. The maximum Gasteiger partial charge on any atom is 0.416 e. The number of piperidine rings is 1. The van der Waals surface area contributed by atoms with Crippen LogP contribution in [0.15, 0.2) is 29.3 Å². The maximum absolute atomic E-state index is 12.9. The van der Waals surface area contributed by atoms with Gasteiger partial charge in [0.15, 0.2) is 5.96 Å². The van der Waals surface area contributed by atoms with Gasteiger partial charge in [-0.3, -0.25) is 9.79 Å². The van der Waals surface area contributed by atoms with Gasteiger partial charge in [0.05, 0.1) is 5.56 Å². The second-order valence-electron chi connectivity index (χ2n) is 6.76. The van der Waals surface area contributed by atoms with Crippen LogP contribution in [-0.4, -0.2) is 37.5 Å². The lowest BCUT2D eigenvalue weighted by Gasteiger charge is -2.25. The van der Waals surface area contributed by atoms with Crippen LogP contribution in [0.4, 0.5) is 13.2 Å². The number of hydrogen-bond acceptors (Lipinski definition) is 2. The van der Waals surface area contributed by atoms with E-state index in [2.05, 4.69) is 20.9 Å². The molecule has 5 nitrogen and oxygen atoms in total. The largest absolute Gasteiger partial charge is 0.416 e. The van der Waals surface area contributed by atoms with E-state index >= 15 is 0 Å². The SMILES string of the molecule is CCNC(=NCCC(C)c1cccc(C(F)(F)F)c1)NC1CCC(=O)NC1. The molecule has 1 heterocycles. The van der Waals surface area contributed by atoms with Crippen molar-refractivity contribution < 1.29 is 18.0 Å². The number of alkyl halides is 3. The molecule has 2 atom stereocenters. The summed E-state index contributed by atoms with van der Waals surface area (Å²) in [5.74, 6) is 0.688. The lowest BCUT2D eigenvalue weighted by atomic mass is 9.96. The lowest BCUT2D eigenvalue weighted by molar-refractivity contribution is -0.137. The third-order valence-corrected chi connectivity index (χ3v) is 4.57. The van der Waals surface area contributed by atoms with Crippen LogP contribution in [-0.2, 0) is 11.0 Å². The molecule has 2 rings (SSSR count). The number of rotatable bonds is 6. The van der Waals surface area contributed by atoms with Gasteiger partial charge in [-0.2, -0.15) is 13.2 Å². The average Bonchev–Trinajstić information content (AvgIpc) is 2.63. The van der Waals surface area contributed by atoms with E-state index in [0.29, 0.717) is 44.0 Å². The van der Waals surface area contributed by atoms with Gasteiger partial charge in [-0.15, -0.1) is 0 Å². The number of amides is 1. The van der Waals surface area contributed by atoms with Crippen LogP contribution in [0.25, 0.3) is 0 Å². The van der Waals surface area contributed by atoms with Gasteiger partial charge < -0.3 is 16.0 Å². The van der Waals surface area contributed by atoms with E-state index in [9.17, 15) is 18.0 Å². The van der Waals surface area contributed by atoms with E-state index in [0.717, 1.165) is 12.5 Å². The second-order valence-corrected chi connectivity index (χ2v) is 6.76. The molecule has 150 valence electrons. The summed E-state index contributed by atoms with van der Waals surface area (Å²) < 4.78 is 38.6. The highest BCUT2D eigenvalue weighted by Gasteiger charge is 2.30. The Morgan fingerprint density at radius 2 is 2.19 bits per heavy atom. The number of nitrogens with zero attached hydrogens (tertiary/aromatic N) is 1. The molecule has 0 radical (unpaired) electrons. The number of benzene rings is 1. The molecule has 8 heteroatoms. The monoisotopic (exact) mass is 384 g/mol. The Kier molecular flexibility index (Phi) is 7.50. The van der Waals surface area contributed by atoms with E-state index in [4.69, 9.17) is 0 Å². The zero-order valence-corrected chi connectivity index (χ0v) is 15.7. The minimum absolute atomic E-state index is 0.0344. The summed E-state index contributed by atoms with van der Waals surface area (Å²) in [5, 5.41) is 9.27. The van der Waals surface area contributed by atoms with Crippen molar-refractivity contribution in [3.63, 3.8) is 0 Å². The predicted octanol–water partition coefficient (Wildman–Crippen LogP) is 3.03. The van der Waals surface area contributed by atoms with Crippen molar-refractivity contribution in [1.82, 2.24) is 16.0 Å². The standard InChI is InChI=1S/C19H27F3N4O/c1-3-23-18(26-16-7-8-17(27)25-12-16)24-10-9-13(2)14-5-4-6-15(11-14)19(20,21)22/h4-6,11,13,16H,3,7-10,12H2,1-2H3,(H,25,27)(H2,23,24,26). The Bertz CT molecular complexity index is 651. The van der Waals surface area contributed by atoms with Gasteiger partial charge in [-0.1, -0.05) is 25.1 Å². The minimum atomic E-state index is -4.33. The summed E-state index contributed by atoms with van der Waals surface area (Å²) in [5.41, 5.74) is 0.0395. The van der Waals surface area contributed by atoms with Crippen molar-refractivity contribution >= 4 is 11.9 Å². The van der Waals surface area contributed by atoms with Crippen LogP contribution in [0.2, 0.25) is 0 Å². The van der Waals surface area contributed by atoms with Crippen LogP contribution in [0.1, 0.15) is 50.2 Å². The highest BCUT2D eigenvalue weighted by atomic mass is 19.4. The number of nitrogens with one attached hydrogen (secondary N) is 3. The number of hydrogen-bond donors (Lipinski definition) is 3. The Morgan fingerprint density at radius 1 is 1.41 bits per heavy atom. The minimum Gasteiger partial charge on any atom is -0.357 e. The van der Waals surface area contributed by atoms with Gasteiger partial charge >= 0.3 is 6.18 Å². The molecule has 3 N–H and O–H groups in total. The molecule has 1 fully saturated rings. The first kappa shape index (κ1) is 21.1. The molecule has 1 amide bonds. The molecular weight excluding hydrogens is 357 g/mol. The Balaban J connectivity index is 1.91. The summed E-state index contributed by atoms with van der Waals surface area (Å²) >= 11 is 0. The van der Waals surface area contributed by atoms with Crippen molar-refractivity contribution in [3.8, 4) is 0 Å². The van der Waals surface area contributed by atoms with Gasteiger partial charge in [-0.05, 0) is 37.3 Å². The molecule has 0 spiro atoms. The van der Waals surface area contributed by atoms with Crippen molar-refractivity contribution in [3.05, 3.63) is 35.4 Å². The van der Waals surface area contributed by atoms with Crippen LogP contribution >= 0.6 is 0 Å². The number of halogens is 3. The Hall–Kier alpha value is -2.25. The first-order chi connectivity index (χ1) is 12.8. The first-order valence-electron chi connectivity index (χ1n) is 9.28. The molecule has 1 aromatic carbocycles. The van der Waals surface area contributed by atoms with E-state index < -0.39 is 11.7 Å². The topological polar surface area (TPSA) is 65.5 Å². The molecule has 1 aliphatic heterocycles. The number of carbonyl (C=O) groups is 1. The van der Waals surface area contributed by atoms with E-state index in [1.165, 1.54) is 12.1 Å². The molecule has 0 aliphatic carbocycles. The zero-order chi connectivity index (χ0) is 19.9. The summed E-state index contributed by atoms with van der Waals surface area (Å²) in [4.78, 5) is 15.8. The molecule has 1 aliphatic rings. The maximum atomic E-state index is 12.9. The van der Waals surface area contributed by atoms with E-state index in [1.807, 2.05) is 13.8 Å². The molecule has 27 heavy (non-hydrogen) atoms. The van der Waals surface area contributed by atoms with Gasteiger partial charge in [0, 0.05) is 32.1 Å². The molecule has 2 unspecified atom stereocenters. The van der Waals surface area contributed by atoms with Gasteiger partial charge in [0.25, 0.3) is 0 Å². The molecular formula is C19H27F3N4O. The van der Waals surface area contributed by atoms with Crippen LogP contribution in [0, 0.1) is 0 Å². The number of aliphatic imine (C=N–C) groups is 1. The smallest absolute Gasteiger partial charge is 0.357 e. The van der Waals surface area contributed by atoms with Crippen molar-refractivity contribution in [2.45, 2.75) is 51.2 Å². The van der Waals surface area contributed by atoms with Crippen LogP contribution in [0.3, 0.4) is 0 Å². The van der Waals surface area contributed by atoms with Gasteiger partial charge in [0.2, 0.25) is 5.91 Å². The quantitative estimate of drug-likeness (QED) is 0.522. The normalized spacial score (nSPS) is 19.4. The highest BCUT2D eigenvalue weighted by molar-refractivity contribution is 5.81. The van der Waals surface area contributed by atoms with E-state index in [1.54, 1.807) is 6.07 Å². The fourth-order valence-corrected chi connectivity index (χ4v) is 2.93. The lowest BCUT2D eigenvalue weighted by Crippen LogP contribution is -2.51. The third kappa shape index (κ3) is 6.77. The van der Waals surface area contributed by atoms with Gasteiger partial charge in [0.1, 0.15) is 0 Å². The van der Waals surface area contributed by atoms with Crippen LogP contribution < -0.4 is 16.0 Å².